The van der Waals surface area contributed by atoms with E-state index in [9.17, 15) is 4.79 Å². The van der Waals surface area contributed by atoms with Crippen molar-refractivity contribution in [2.45, 2.75) is 136 Å². The van der Waals surface area contributed by atoms with Gasteiger partial charge in [0.1, 0.15) is 31.2 Å². The minimum atomic E-state index is -0.954. The second kappa shape index (κ2) is 26.5. The van der Waals surface area contributed by atoms with Crippen molar-refractivity contribution in [3.8, 4) is 5.75 Å². The number of esters is 1. The molecule has 228 valence electrons. The predicted molar refractivity (Wildman–Crippen MR) is 158 cm³/mol. The Morgan fingerprint density at radius 3 is 1.64 bits per heavy atom. The zero-order chi connectivity index (χ0) is 29.1. The van der Waals surface area contributed by atoms with E-state index in [4.69, 9.17) is 29.9 Å². The zero-order valence-corrected chi connectivity index (χ0v) is 25.0. The average molecular weight is 555 g/mol. The summed E-state index contributed by atoms with van der Waals surface area (Å²) in [5.41, 5.74) is 2.22. The number of aliphatic hydroxyl groups excluding tert-OH is 4. The molecule has 0 aromatic heterocycles. The molecule has 0 spiro atoms. The third kappa shape index (κ3) is 23.9. The molecule has 1 aromatic carbocycles. The number of ether oxygens (including phenoxy) is 2. The summed E-state index contributed by atoms with van der Waals surface area (Å²) in [5, 5.41) is 35.4. The Hall–Kier alpha value is -1.67. The lowest BCUT2D eigenvalue weighted by Crippen LogP contribution is -2.21. The molecule has 0 bridgehead atoms. The van der Waals surface area contributed by atoms with Gasteiger partial charge in [-0.25, -0.2) is 0 Å². The van der Waals surface area contributed by atoms with Crippen LogP contribution in [-0.4, -0.2) is 65.0 Å². The summed E-state index contributed by atoms with van der Waals surface area (Å²) in [6, 6.07) is 5.84. The summed E-state index contributed by atoms with van der Waals surface area (Å²) in [6.07, 6.45) is 18.2. The maximum absolute atomic E-state index is 11.4. The number of rotatable bonds is 23. The summed E-state index contributed by atoms with van der Waals surface area (Å²) >= 11 is 0. The van der Waals surface area contributed by atoms with Gasteiger partial charge in [0.2, 0.25) is 0 Å². The number of hydrogen-bond acceptors (Lipinski definition) is 7. The van der Waals surface area contributed by atoms with Gasteiger partial charge in [-0.05, 0) is 31.9 Å². The summed E-state index contributed by atoms with van der Waals surface area (Å²) < 4.78 is 10.2. The molecule has 0 radical (unpaired) electrons. The maximum Gasteiger partial charge on any atom is 0.305 e. The second-order valence-corrected chi connectivity index (χ2v) is 10.6. The highest BCUT2D eigenvalue weighted by atomic mass is 16.5. The minimum absolute atomic E-state index is 0.103. The summed E-state index contributed by atoms with van der Waals surface area (Å²) in [4.78, 5) is 11.4. The van der Waals surface area contributed by atoms with Crippen molar-refractivity contribution >= 4 is 5.97 Å². The van der Waals surface area contributed by atoms with Gasteiger partial charge in [-0.15, -0.1) is 0 Å². The van der Waals surface area contributed by atoms with Gasteiger partial charge >= 0.3 is 5.97 Å². The Bertz CT molecular complexity index is 695. The SMILES string of the molecule is CCCCCCCCCCCCCCCCCC(=O)OCC(O)CO.Cc1ccc(OCC(O)CO)c(C)c1. The Kier molecular flexibility index (Phi) is 25.4. The first kappa shape index (κ1) is 37.3. The van der Waals surface area contributed by atoms with Crippen LogP contribution in [0.15, 0.2) is 18.2 Å². The molecule has 0 fully saturated rings. The normalized spacial score (nSPS) is 12.4. The quantitative estimate of drug-likeness (QED) is 0.0943. The molecule has 1 rings (SSSR count). The van der Waals surface area contributed by atoms with Gasteiger partial charge in [-0.1, -0.05) is 115 Å². The van der Waals surface area contributed by atoms with E-state index < -0.39 is 12.2 Å². The van der Waals surface area contributed by atoms with Crippen LogP contribution in [0.4, 0.5) is 0 Å². The fourth-order valence-electron chi connectivity index (χ4n) is 4.15. The number of benzene rings is 1. The lowest BCUT2D eigenvalue weighted by Gasteiger charge is -2.12. The third-order valence-electron chi connectivity index (χ3n) is 6.60. The van der Waals surface area contributed by atoms with Crippen LogP contribution in [0.2, 0.25) is 0 Å². The average Bonchev–Trinajstić information content (AvgIpc) is 2.93. The van der Waals surface area contributed by atoms with Crippen molar-refractivity contribution in [1.29, 1.82) is 0 Å². The Labute approximate surface area is 237 Å². The van der Waals surface area contributed by atoms with Gasteiger partial charge in [0.05, 0.1) is 13.2 Å². The van der Waals surface area contributed by atoms with Gasteiger partial charge in [-0.3, -0.25) is 4.79 Å². The van der Waals surface area contributed by atoms with Crippen molar-refractivity contribution < 1.29 is 34.7 Å². The fraction of sp³-hybridized carbons (Fsp3) is 0.781. The van der Waals surface area contributed by atoms with Gasteiger partial charge in [0.25, 0.3) is 0 Å². The molecule has 0 saturated carbocycles. The highest BCUT2D eigenvalue weighted by Gasteiger charge is 2.07. The summed E-state index contributed by atoms with van der Waals surface area (Å²) in [5.74, 6) is 0.477. The molecule has 0 aliphatic rings. The van der Waals surface area contributed by atoms with Gasteiger partial charge in [-0.2, -0.15) is 0 Å². The molecule has 0 aliphatic heterocycles. The zero-order valence-electron chi connectivity index (χ0n) is 25.0. The smallest absolute Gasteiger partial charge is 0.305 e. The van der Waals surface area contributed by atoms with E-state index in [-0.39, 0.29) is 32.4 Å². The van der Waals surface area contributed by atoms with Crippen LogP contribution in [0.3, 0.4) is 0 Å². The maximum atomic E-state index is 11.4. The van der Waals surface area contributed by atoms with E-state index in [2.05, 4.69) is 6.92 Å². The number of hydrogen-bond donors (Lipinski definition) is 4. The number of aliphatic hydroxyl groups is 4. The molecular formula is C32H58O7. The van der Waals surface area contributed by atoms with Crippen LogP contribution in [0, 0.1) is 13.8 Å². The molecule has 2 unspecified atom stereocenters. The van der Waals surface area contributed by atoms with Crippen molar-refractivity contribution in [2.24, 2.45) is 0 Å². The van der Waals surface area contributed by atoms with Gasteiger partial charge in [0.15, 0.2) is 0 Å². The lowest BCUT2D eigenvalue weighted by molar-refractivity contribution is -0.147. The van der Waals surface area contributed by atoms with E-state index in [1.807, 2.05) is 32.0 Å². The van der Waals surface area contributed by atoms with Crippen molar-refractivity contribution in [3.63, 3.8) is 0 Å². The Morgan fingerprint density at radius 2 is 1.18 bits per heavy atom. The first-order chi connectivity index (χ1) is 18.8. The predicted octanol–water partition coefficient (Wildman–Crippen LogP) is 6.18. The molecule has 7 nitrogen and oxygen atoms in total. The van der Waals surface area contributed by atoms with Crippen LogP contribution in [0.5, 0.6) is 5.75 Å². The number of carbonyl (C=O) groups is 1. The molecule has 4 N–H and O–H groups in total. The molecule has 0 amide bonds. The van der Waals surface area contributed by atoms with Crippen molar-refractivity contribution in [1.82, 2.24) is 0 Å². The van der Waals surface area contributed by atoms with Crippen LogP contribution >= 0.6 is 0 Å². The van der Waals surface area contributed by atoms with Gasteiger partial charge in [0, 0.05) is 6.42 Å². The first-order valence-corrected chi connectivity index (χ1v) is 15.3. The van der Waals surface area contributed by atoms with Crippen LogP contribution in [0.1, 0.15) is 121 Å². The van der Waals surface area contributed by atoms with E-state index in [0.717, 1.165) is 24.2 Å². The molecule has 39 heavy (non-hydrogen) atoms. The highest BCUT2D eigenvalue weighted by molar-refractivity contribution is 5.69. The summed E-state index contributed by atoms with van der Waals surface area (Å²) in [6.45, 7) is 5.61. The molecule has 1 aromatic rings. The van der Waals surface area contributed by atoms with Crippen LogP contribution in [0.25, 0.3) is 0 Å². The van der Waals surface area contributed by atoms with E-state index in [1.54, 1.807) is 0 Å². The molecular weight excluding hydrogens is 496 g/mol. The molecule has 0 aliphatic carbocycles. The van der Waals surface area contributed by atoms with Crippen LogP contribution < -0.4 is 4.74 Å². The second-order valence-electron chi connectivity index (χ2n) is 10.6. The molecule has 7 heteroatoms. The first-order valence-electron chi connectivity index (χ1n) is 15.3. The fourth-order valence-corrected chi connectivity index (χ4v) is 4.15. The topological polar surface area (TPSA) is 116 Å². The number of carbonyl (C=O) groups excluding carboxylic acids is 1. The highest BCUT2D eigenvalue weighted by Crippen LogP contribution is 2.18. The van der Waals surface area contributed by atoms with Crippen LogP contribution in [-0.2, 0) is 9.53 Å². The Balaban J connectivity index is 0.000000864. The van der Waals surface area contributed by atoms with Crippen molar-refractivity contribution in [3.05, 3.63) is 29.3 Å². The molecule has 0 heterocycles. The van der Waals surface area contributed by atoms with Gasteiger partial charge < -0.3 is 29.9 Å². The number of unbranched alkanes of at least 4 members (excludes halogenated alkanes) is 14. The summed E-state index contributed by atoms with van der Waals surface area (Å²) in [7, 11) is 0. The Morgan fingerprint density at radius 1 is 0.718 bits per heavy atom. The van der Waals surface area contributed by atoms with E-state index in [1.165, 1.54) is 89.0 Å². The molecule has 2 atom stereocenters. The lowest BCUT2D eigenvalue weighted by atomic mass is 10.0. The van der Waals surface area contributed by atoms with E-state index in [0.29, 0.717) is 6.42 Å². The standard InChI is InChI=1S/C21H42O4.C11H16O3/c1-2-3-4-5-6-7-8-9-10-11-12-13-14-15-16-17-21(24)25-19-20(23)18-22;1-8-3-4-11(9(2)5-8)14-7-10(13)6-12/h20,22-23H,2-19H2,1H3;3-5,10,12-13H,6-7H2,1-2H3. The minimum Gasteiger partial charge on any atom is -0.491 e. The monoisotopic (exact) mass is 554 g/mol. The largest absolute Gasteiger partial charge is 0.491 e. The van der Waals surface area contributed by atoms with E-state index >= 15 is 0 Å². The third-order valence-corrected chi connectivity index (χ3v) is 6.60. The number of aryl methyl sites for hydroxylation is 2. The van der Waals surface area contributed by atoms with Crippen molar-refractivity contribution in [2.75, 3.05) is 26.4 Å². The molecule has 0 saturated heterocycles.